The first-order valence-corrected chi connectivity index (χ1v) is 9.28. The van der Waals surface area contributed by atoms with E-state index in [0.717, 1.165) is 44.4 Å². The monoisotopic (exact) mass is 334 g/mol. The molecule has 2 saturated heterocycles. The largest absolute Gasteiger partial charge is 0.394 e. The predicted molar refractivity (Wildman–Crippen MR) is 94.5 cm³/mol. The van der Waals surface area contributed by atoms with Gasteiger partial charge in [0, 0.05) is 38.2 Å². The zero-order valence-electron chi connectivity index (χ0n) is 14.8. The second kappa shape index (κ2) is 8.74. The number of nitrogens with zero attached hydrogens (tertiary/aromatic N) is 4. The normalized spacial score (nSPS) is 22.2. The number of aryl methyl sites for hydroxylation is 1. The summed E-state index contributed by atoms with van der Waals surface area (Å²) in [5.41, 5.74) is 1.20. The molecule has 1 aromatic rings. The van der Waals surface area contributed by atoms with Gasteiger partial charge in [-0.25, -0.2) is 9.97 Å². The second-order valence-electron chi connectivity index (χ2n) is 6.87. The van der Waals surface area contributed by atoms with E-state index < -0.39 is 0 Å². The number of piperidine rings is 1. The summed E-state index contributed by atoms with van der Waals surface area (Å²) in [4.78, 5) is 14.2. The maximum atomic E-state index is 8.78. The summed E-state index contributed by atoms with van der Waals surface area (Å²) in [6, 6.07) is 2.22. The van der Waals surface area contributed by atoms with E-state index in [1.807, 2.05) is 6.92 Å². The van der Waals surface area contributed by atoms with Crippen LogP contribution >= 0.6 is 0 Å². The third-order valence-corrected chi connectivity index (χ3v) is 4.99. The Balaban J connectivity index is 1.62. The zero-order valence-corrected chi connectivity index (χ0v) is 14.8. The van der Waals surface area contributed by atoms with Crippen LogP contribution in [0.2, 0.25) is 0 Å². The number of hydrogen-bond donors (Lipinski definition) is 1. The fourth-order valence-electron chi connectivity index (χ4n) is 3.75. The molecule has 2 fully saturated rings. The molecule has 3 heterocycles. The van der Waals surface area contributed by atoms with E-state index in [9.17, 15) is 0 Å². The molecule has 1 N–H and O–H groups in total. The van der Waals surface area contributed by atoms with Gasteiger partial charge in [0.15, 0.2) is 0 Å². The van der Waals surface area contributed by atoms with Crippen molar-refractivity contribution in [2.24, 2.45) is 0 Å². The maximum absolute atomic E-state index is 8.78. The highest BCUT2D eigenvalue weighted by atomic mass is 16.5. The van der Waals surface area contributed by atoms with E-state index in [0.29, 0.717) is 19.1 Å². The Morgan fingerprint density at radius 1 is 1.17 bits per heavy atom. The van der Waals surface area contributed by atoms with Crippen LogP contribution in [-0.2, 0) is 4.74 Å². The van der Waals surface area contributed by atoms with Crippen molar-refractivity contribution in [2.75, 3.05) is 57.4 Å². The van der Waals surface area contributed by atoms with Crippen LogP contribution < -0.4 is 4.90 Å². The van der Waals surface area contributed by atoms with Crippen molar-refractivity contribution in [3.8, 4) is 0 Å². The molecule has 3 rings (SSSR count). The fraction of sp³-hybridized carbons (Fsp3) is 0.778. The van der Waals surface area contributed by atoms with Gasteiger partial charge in [-0.2, -0.15) is 0 Å². The summed E-state index contributed by atoms with van der Waals surface area (Å²) < 4.78 is 5.41. The van der Waals surface area contributed by atoms with Gasteiger partial charge in [-0.1, -0.05) is 0 Å². The number of aromatic nitrogens is 2. The zero-order chi connectivity index (χ0) is 16.8. The van der Waals surface area contributed by atoms with E-state index in [2.05, 4.69) is 20.9 Å². The minimum atomic E-state index is 0.0993. The van der Waals surface area contributed by atoms with Crippen molar-refractivity contribution in [3.63, 3.8) is 0 Å². The topological polar surface area (TPSA) is 61.7 Å². The number of aliphatic hydroxyl groups excluding tert-OH is 1. The van der Waals surface area contributed by atoms with E-state index in [-0.39, 0.29) is 6.61 Å². The Morgan fingerprint density at radius 3 is 2.79 bits per heavy atom. The summed E-state index contributed by atoms with van der Waals surface area (Å²) in [5.74, 6) is 2.48. The van der Waals surface area contributed by atoms with Crippen LogP contribution in [0.4, 0.5) is 5.82 Å². The van der Waals surface area contributed by atoms with Gasteiger partial charge in [0.05, 0.1) is 25.5 Å². The number of anilines is 1. The summed E-state index contributed by atoms with van der Waals surface area (Å²) in [5, 5.41) is 8.78. The third-order valence-electron chi connectivity index (χ3n) is 4.99. The lowest BCUT2D eigenvalue weighted by Crippen LogP contribution is -2.37. The van der Waals surface area contributed by atoms with Gasteiger partial charge >= 0.3 is 0 Å². The first-order valence-electron chi connectivity index (χ1n) is 9.28. The SMILES string of the molecule is Cc1nc(C2CCCN(CCOCCO)C2)cc(N2CCCC2)n1. The number of hydrogen-bond acceptors (Lipinski definition) is 6. The molecule has 134 valence electrons. The van der Waals surface area contributed by atoms with E-state index >= 15 is 0 Å². The Morgan fingerprint density at radius 2 is 2.00 bits per heavy atom. The second-order valence-corrected chi connectivity index (χ2v) is 6.87. The predicted octanol–water partition coefficient (Wildman–Crippen LogP) is 1.57. The minimum Gasteiger partial charge on any atom is -0.394 e. The molecule has 0 bridgehead atoms. The average molecular weight is 334 g/mol. The Kier molecular flexibility index (Phi) is 6.40. The van der Waals surface area contributed by atoms with Crippen molar-refractivity contribution in [1.29, 1.82) is 0 Å². The first-order chi connectivity index (χ1) is 11.8. The number of aliphatic hydroxyl groups is 1. The maximum Gasteiger partial charge on any atom is 0.132 e. The molecular formula is C18H30N4O2. The van der Waals surface area contributed by atoms with Crippen LogP contribution in [-0.4, -0.2) is 72.5 Å². The van der Waals surface area contributed by atoms with Crippen molar-refractivity contribution in [1.82, 2.24) is 14.9 Å². The molecule has 1 aromatic heterocycles. The van der Waals surface area contributed by atoms with E-state index in [1.54, 1.807) is 0 Å². The van der Waals surface area contributed by atoms with Crippen LogP contribution in [0.15, 0.2) is 6.07 Å². The van der Waals surface area contributed by atoms with Gasteiger partial charge in [0.2, 0.25) is 0 Å². The van der Waals surface area contributed by atoms with Crippen LogP contribution in [0.3, 0.4) is 0 Å². The van der Waals surface area contributed by atoms with Gasteiger partial charge < -0.3 is 19.6 Å². The van der Waals surface area contributed by atoms with Crippen LogP contribution in [0.25, 0.3) is 0 Å². The van der Waals surface area contributed by atoms with Crippen molar-refractivity contribution < 1.29 is 9.84 Å². The fourth-order valence-corrected chi connectivity index (χ4v) is 3.75. The molecule has 0 aromatic carbocycles. The molecule has 0 radical (unpaired) electrons. The van der Waals surface area contributed by atoms with Crippen LogP contribution in [0.1, 0.15) is 43.1 Å². The molecule has 2 aliphatic rings. The molecule has 0 saturated carbocycles. The Bertz CT molecular complexity index is 520. The highest BCUT2D eigenvalue weighted by Gasteiger charge is 2.24. The molecule has 0 amide bonds. The summed E-state index contributed by atoms with van der Waals surface area (Å²) >= 11 is 0. The lowest BCUT2D eigenvalue weighted by molar-refractivity contribution is 0.0670. The average Bonchev–Trinajstić information content (AvgIpc) is 3.13. The van der Waals surface area contributed by atoms with Gasteiger partial charge in [-0.05, 0) is 39.2 Å². The summed E-state index contributed by atoms with van der Waals surface area (Å²) in [7, 11) is 0. The lowest BCUT2D eigenvalue weighted by atomic mass is 9.94. The molecule has 6 nitrogen and oxygen atoms in total. The van der Waals surface area contributed by atoms with Gasteiger partial charge in [-0.15, -0.1) is 0 Å². The van der Waals surface area contributed by atoms with Gasteiger partial charge in [0.1, 0.15) is 11.6 Å². The molecule has 2 aliphatic heterocycles. The molecule has 1 atom stereocenters. The molecular weight excluding hydrogens is 304 g/mol. The highest BCUT2D eigenvalue weighted by Crippen LogP contribution is 2.28. The number of rotatable bonds is 7. The van der Waals surface area contributed by atoms with Crippen LogP contribution in [0.5, 0.6) is 0 Å². The lowest BCUT2D eigenvalue weighted by Gasteiger charge is -2.32. The number of ether oxygens (including phenoxy) is 1. The molecule has 24 heavy (non-hydrogen) atoms. The Labute approximate surface area is 144 Å². The third kappa shape index (κ3) is 4.65. The summed E-state index contributed by atoms with van der Waals surface area (Å²) in [6.45, 7) is 8.56. The Hall–Kier alpha value is -1.24. The van der Waals surface area contributed by atoms with Crippen molar-refractivity contribution in [3.05, 3.63) is 17.6 Å². The van der Waals surface area contributed by atoms with Crippen LogP contribution in [0, 0.1) is 6.92 Å². The smallest absolute Gasteiger partial charge is 0.132 e. The molecule has 0 spiro atoms. The summed E-state index contributed by atoms with van der Waals surface area (Å²) in [6.07, 6.45) is 4.93. The quantitative estimate of drug-likeness (QED) is 0.764. The van der Waals surface area contributed by atoms with E-state index in [1.165, 1.54) is 31.4 Å². The standard InChI is InChI=1S/C18H30N4O2/c1-15-19-17(13-18(20-15)22-7-2-3-8-22)16-5-4-6-21(14-16)9-11-24-12-10-23/h13,16,23H,2-12,14H2,1H3. The van der Waals surface area contributed by atoms with Gasteiger partial charge in [-0.3, -0.25) is 0 Å². The highest BCUT2D eigenvalue weighted by molar-refractivity contribution is 5.41. The first kappa shape index (κ1) is 17.6. The van der Waals surface area contributed by atoms with Gasteiger partial charge in [0.25, 0.3) is 0 Å². The number of likely N-dealkylation sites (tertiary alicyclic amines) is 1. The molecule has 0 aliphatic carbocycles. The van der Waals surface area contributed by atoms with Crippen molar-refractivity contribution in [2.45, 2.75) is 38.5 Å². The molecule has 6 heteroatoms. The van der Waals surface area contributed by atoms with E-state index in [4.69, 9.17) is 14.8 Å². The van der Waals surface area contributed by atoms with Crippen molar-refractivity contribution >= 4 is 5.82 Å². The minimum absolute atomic E-state index is 0.0993. The molecule has 1 unspecified atom stereocenters.